The van der Waals surface area contributed by atoms with Crippen LogP contribution in [-0.2, 0) is 4.74 Å². The molecule has 0 saturated heterocycles. The monoisotopic (exact) mass is 298 g/mol. The third-order valence-corrected chi connectivity index (χ3v) is 4.20. The molecule has 0 aromatic heterocycles. The van der Waals surface area contributed by atoms with E-state index in [0.717, 1.165) is 18.9 Å². The summed E-state index contributed by atoms with van der Waals surface area (Å²) >= 11 is 0. The van der Waals surface area contributed by atoms with Crippen molar-refractivity contribution in [3.05, 3.63) is 0 Å². The molecule has 1 fully saturated rings. The van der Waals surface area contributed by atoms with Crippen molar-refractivity contribution in [1.82, 2.24) is 10.6 Å². The first-order chi connectivity index (χ1) is 9.80. The van der Waals surface area contributed by atoms with E-state index < -0.39 is 5.60 Å². The van der Waals surface area contributed by atoms with Crippen molar-refractivity contribution in [2.45, 2.75) is 90.8 Å². The van der Waals surface area contributed by atoms with Gasteiger partial charge in [-0.2, -0.15) is 0 Å². The van der Waals surface area contributed by atoms with E-state index in [0.29, 0.717) is 6.04 Å². The molecule has 1 aliphatic rings. The second-order valence-electron chi connectivity index (χ2n) is 7.42. The number of hydrogen-bond acceptors (Lipinski definition) is 3. The lowest BCUT2D eigenvalue weighted by Crippen LogP contribution is -2.40. The summed E-state index contributed by atoms with van der Waals surface area (Å²) in [5.74, 6) is 0.941. The molecule has 0 bridgehead atoms. The Hall–Kier alpha value is -0.770. The van der Waals surface area contributed by atoms with Gasteiger partial charge in [0.15, 0.2) is 0 Å². The SMILES string of the molecule is CCC1CCC(NCCC(C)NC(=O)OC(C)(C)C)CC1. The lowest BCUT2D eigenvalue weighted by atomic mass is 9.84. The summed E-state index contributed by atoms with van der Waals surface area (Å²) < 4.78 is 5.26. The Morgan fingerprint density at radius 2 is 1.86 bits per heavy atom. The highest BCUT2D eigenvalue weighted by molar-refractivity contribution is 5.67. The van der Waals surface area contributed by atoms with Crippen LogP contribution in [0.25, 0.3) is 0 Å². The molecule has 0 heterocycles. The fourth-order valence-electron chi connectivity index (χ4n) is 2.86. The van der Waals surface area contributed by atoms with Gasteiger partial charge < -0.3 is 15.4 Å². The molecule has 1 amide bonds. The number of rotatable bonds is 6. The molecule has 0 aromatic rings. The molecule has 1 unspecified atom stereocenters. The molecule has 4 heteroatoms. The molecule has 1 aliphatic carbocycles. The minimum absolute atomic E-state index is 0.138. The quantitative estimate of drug-likeness (QED) is 0.783. The van der Waals surface area contributed by atoms with Crippen LogP contribution in [0.5, 0.6) is 0 Å². The van der Waals surface area contributed by atoms with E-state index in [-0.39, 0.29) is 12.1 Å². The fraction of sp³-hybridized carbons (Fsp3) is 0.941. The summed E-state index contributed by atoms with van der Waals surface area (Å²) in [4.78, 5) is 11.6. The first kappa shape index (κ1) is 18.3. The Morgan fingerprint density at radius 3 is 2.38 bits per heavy atom. The van der Waals surface area contributed by atoms with E-state index in [4.69, 9.17) is 4.74 Å². The molecule has 124 valence electrons. The topological polar surface area (TPSA) is 50.4 Å². The van der Waals surface area contributed by atoms with Crippen molar-refractivity contribution in [2.75, 3.05) is 6.54 Å². The van der Waals surface area contributed by atoms with Gasteiger partial charge in [-0.15, -0.1) is 0 Å². The molecule has 1 saturated carbocycles. The maximum Gasteiger partial charge on any atom is 0.407 e. The van der Waals surface area contributed by atoms with Crippen molar-refractivity contribution in [2.24, 2.45) is 5.92 Å². The lowest BCUT2D eigenvalue weighted by molar-refractivity contribution is 0.0506. The van der Waals surface area contributed by atoms with Crippen LogP contribution in [0.15, 0.2) is 0 Å². The largest absolute Gasteiger partial charge is 0.444 e. The minimum Gasteiger partial charge on any atom is -0.444 e. The van der Waals surface area contributed by atoms with Crippen molar-refractivity contribution in [1.29, 1.82) is 0 Å². The van der Waals surface area contributed by atoms with E-state index in [2.05, 4.69) is 17.6 Å². The number of amides is 1. The lowest BCUT2D eigenvalue weighted by Gasteiger charge is -2.29. The fourth-order valence-corrected chi connectivity index (χ4v) is 2.86. The van der Waals surface area contributed by atoms with Crippen molar-refractivity contribution in [3.8, 4) is 0 Å². The van der Waals surface area contributed by atoms with Crippen molar-refractivity contribution < 1.29 is 9.53 Å². The molecule has 0 aliphatic heterocycles. The first-order valence-corrected chi connectivity index (χ1v) is 8.53. The Labute approximate surface area is 130 Å². The average Bonchev–Trinajstić information content (AvgIpc) is 2.37. The minimum atomic E-state index is -0.431. The molecule has 2 N–H and O–H groups in total. The second kappa shape index (κ2) is 8.62. The van der Waals surface area contributed by atoms with E-state index in [1.165, 1.54) is 32.1 Å². The summed E-state index contributed by atoms with van der Waals surface area (Å²) in [6, 6.07) is 0.806. The zero-order valence-electron chi connectivity index (χ0n) is 14.5. The van der Waals surface area contributed by atoms with Crippen LogP contribution in [0.1, 0.15) is 73.1 Å². The Kier molecular flexibility index (Phi) is 7.50. The van der Waals surface area contributed by atoms with E-state index in [1.54, 1.807) is 0 Å². The smallest absolute Gasteiger partial charge is 0.407 e. The van der Waals surface area contributed by atoms with Crippen molar-refractivity contribution in [3.63, 3.8) is 0 Å². The van der Waals surface area contributed by atoms with Gasteiger partial charge in [0.25, 0.3) is 0 Å². The van der Waals surface area contributed by atoms with Crippen LogP contribution in [0.3, 0.4) is 0 Å². The van der Waals surface area contributed by atoms with Gasteiger partial charge in [0.2, 0.25) is 0 Å². The summed E-state index contributed by atoms with van der Waals surface area (Å²) in [6.45, 7) is 10.9. The van der Waals surface area contributed by atoms with Gasteiger partial charge in [0.05, 0.1) is 0 Å². The van der Waals surface area contributed by atoms with Gasteiger partial charge in [0.1, 0.15) is 5.60 Å². The molecular formula is C17H34N2O2. The van der Waals surface area contributed by atoms with Crippen molar-refractivity contribution >= 4 is 6.09 Å². The molecule has 0 radical (unpaired) electrons. The third-order valence-electron chi connectivity index (χ3n) is 4.20. The van der Waals surface area contributed by atoms with Crippen LogP contribution >= 0.6 is 0 Å². The molecule has 1 atom stereocenters. The molecule has 21 heavy (non-hydrogen) atoms. The number of nitrogens with one attached hydrogen (secondary N) is 2. The molecule has 0 aromatic carbocycles. The molecular weight excluding hydrogens is 264 g/mol. The van der Waals surface area contributed by atoms with Crippen LogP contribution in [-0.4, -0.2) is 30.3 Å². The predicted octanol–water partition coefficient (Wildman–Crippen LogP) is 3.85. The molecule has 4 nitrogen and oxygen atoms in total. The highest BCUT2D eigenvalue weighted by atomic mass is 16.6. The van der Waals surface area contributed by atoms with E-state index in [9.17, 15) is 4.79 Å². The zero-order chi connectivity index (χ0) is 15.9. The summed E-state index contributed by atoms with van der Waals surface area (Å²) in [5.41, 5.74) is -0.431. The zero-order valence-corrected chi connectivity index (χ0v) is 14.5. The van der Waals surface area contributed by atoms with Gasteiger partial charge in [-0.05, 0) is 72.3 Å². The number of alkyl carbamates (subject to hydrolysis) is 1. The van der Waals surface area contributed by atoms with Gasteiger partial charge >= 0.3 is 6.09 Å². The first-order valence-electron chi connectivity index (χ1n) is 8.53. The van der Waals surface area contributed by atoms with Gasteiger partial charge in [-0.25, -0.2) is 4.79 Å². The molecule has 1 rings (SSSR count). The number of carbonyl (C=O) groups excluding carboxylic acids is 1. The maximum atomic E-state index is 11.6. The maximum absolute atomic E-state index is 11.6. The number of ether oxygens (including phenoxy) is 1. The van der Waals surface area contributed by atoms with E-state index in [1.807, 2.05) is 27.7 Å². The third kappa shape index (κ3) is 8.30. The Morgan fingerprint density at radius 1 is 1.24 bits per heavy atom. The summed E-state index contributed by atoms with van der Waals surface area (Å²) in [5, 5.41) is 6.52. The number of hydrogen-bond donors (Lipinski definition) is 2. The van der Waals surface area contributed by atoms with Crippen LogP contribution in [0.2, 0.25) is 0 Å². The van der Waals surface area contributed by atoms with Gasteiger partial charge in [-0.3, -0.25) is 0 Å². The summed E-state index contributed by atoms with van der Waals surface area (Å²) in [6.07, 6.45) is 7.26. The van der Waals surface area contributed by atoms with Gasteiger partial charge in [0, 0.05) is 12.1 Å². The van der Waals surface area contributed by atoms with E-state index >= 15 is 0 Å². The highest BCUT2D eigenvalue weighted by Crippen LogP contribution is 2.26. The van der Waals surface area contributed by atoms with Crippen LogP contribution in [0, 0.1) is 5.92 Å². The normalized spacial score (nSPS) is 24.4. The summed E-state index contributed by atoms with van der Waals surface area (Å²) in [7, 11) is 0. The molecule has 0 spiro atoms. The standard InChI is InChI=1S/C17H34N2O2/c1-6-14-7-9-15(10-8-14)18-12-11-13(2)19-16(20)21-17(3,4)5/h13-15,18H,6-12H2,1-5H3,(H,19,20). The Bertz CT molecular complexity index is 304. The van der Waals surface area contributed by atoms with Gasteiger partial charge in [-0.1, -0.05) is 13.3 Å². The number of carbonyl (C=O) groups is 1. The highest BCUT2D eigenvalue weighted by Gasteiger charge is 2.20. The Balaban J connectivity index is 2.11. The average molecular weight is 298 g/mol. The predicted molar refractivity (Wildman–Crippen MR) is 87.5 cm³/mol. The second-order valence-corrected chi connectivity index (χ2v) is 7.42. The van der Waals surface area contributed by atoms with Crippen LogP contribution in [0.4, 0.5) is 4.79 Å². The van der Waals surface area contributed by atoms with Crippen LogP contribution < -0.4 is 10.6 Å².